The molecule has 0 radical (unpaired) electrons. The summed E-state index contributed by atoms with van der Waals surface area (Å²) in [4.78, 5) is 27.4. The van der Waals surface area contributed by atoms with Crippen LogP contribution in [0, 0.1) is 5.92 Å². The summed E-state index contributed by atoms with van der Waals surface area (Å²) >= 11 is 5.97. The van der Waals surface area contributed by atoms with Gasteiger partial charge in [-0.15, -0.1) is 0 Å². The molecule has 1 aliphatic carbocycles. The van der Waals surface area contributed by atoms with E-state index in [4.69, 9.17) is 11.6 Å². The lowest BCUT2D eigenvalue weighted by Crippen LogP contribution is -2.42. The third kappa shape index (κ3) is 2.85. The van der Waals surface area contributed by atoms with Crippen LogP contribution in [0.2, 0.25) is 5.15 Å². The molecule has 1 aromatic heterocycles. The fourth-order valence-electron chi connectivity index (χ4n) is 3.41. The Hall–Kier alpha value is -1.03. The number of aromatic amines is 1. The topological polar surface area (TPSA) is 54.9 Å². The highest BCUT2D eigenvalue weighted by Crippen LogP contribution is 2.33. The highest BCUT2D eigenvalue weighted by atomic mass is 35.5. The minimum absolute atomic E-state index is 0.00545. The van der Waals surface area contributed by atoms with Crippen LogP contribution in [-0.2, 0) is 6.42 Å². The van der Waals surface area contributed by atoms with Crippen molar-refractivity contribution in [3.8, 4) is 0 Å². The van der Waals surface area contributed by atoms with Crippen LogP contribution in [0.3, 0.4) is 0 Å². The van der Waals surface area contributed by atoms with E-state index in [0.29, 0.717) is 17.9 Å². The van der Waals surface area contributed by atoms with Gasteiger partial charge in [-0.1, -0.05) is 44.7 Å². The molecule has 1 aliphatic rings. The van der Waals surface area contributed by atoms with E-state index in [-0.39, 0.29) is 22.4 Å². The summed E-state index contributed by atoms with van der Waals surface area (Å²) in [6.45, 7) is 3.93. The van der Waals surface area contributed by atoms with Crippen molar-refractivity contribution in [2.45, 2.75) is 64.8 Å². The van der Waals surface area contributed by atoms with Crippen molar-refractivity contribution in [3.63, 3.8) is 0 Å². The van der Waals surface area contributed by atoms with Crippen molar-refractivity contribution in [3.05, 3.63) is 31.6 Å². The lowest BCUT2D eigenvalue weighted by Gasteiger charge is -2.30. The Labute approximate surface area is 124 Å². The van der Waals surface area contributed by atoms with E-state index in [1.165, 1.54) is 23.8 Å². The van der Waals surface area contributed by atoms with Gasteiger partial charge < -0.3 is 0 Å². The number of hydrogen-bond donors (Lipinski definition) is 1. The molecule has 1 heterocycles. The predicted octanol–water partition coefficient (Wildman–Crippen LogP) is 3.28. The van der Waals surface area contributed by atoms with Crippen molar-refractivity contribution < 1.29 is 0 Å². The molecule has 0 aliphatic heterocycles. The Morgan fingerprint density at radius 2 is 1.90 bits per heavy atom. The fraction of sp³-hybridized carbons (Fsp3) is 0.733. The Morgan fingerprint density at radius 1 is 1.25 bits per heavy atom. The molecule has 1 aromatic rings. The molecule has 1 unspecified atom stereocenters. The number of hydrogen-bond acceptors (Lipinski definition) is 2. The van der Waals surface area contributed by atoms with Gasteiger partial charge in [0.05, 0.1) is 5.56 Å². The summed E-state index contributed by atoms with van der Waals surface area (Å²) in [6.07, 6.45) is 7.21. The predicted molar refractivity (Wildman–Crippen MR) is 81.6 cm³/mol. The second kappa shape index (κ2) is 6.61. The average molecular weight is 299 g/mol. The Balaban J connectivity index is 2.49. The average Bonchev–Trinajstić information content (AvgIpc) is 2.44. The largest absolute Gasteiger partial charge is 0.329 e. The maximum absolute atomic E-state index is 12.5. The molecular formula is C15H23ClN2O2. The molecule has 0 aromatic carbocycles. The highest BCUT2D eigenvalue weighted by molar-refractivity contribution is 6.30. The number of nitrogens with zero attached hydrogens (tertiary/aromatic N) is 1. The molecule has 0 bridgehead atoms. The minimum Gasteiger partial charge on any atom is -0.297 e. The van der Waals surface area contributed by atoms with Gasteiger partial charge in [0.15, 0.2) is 0 Å². The molecule has 1 N–H and O–H groups in total. The molecule has 20 heavy (non-hydrogen) atoms. The molecule has 2 rings (SSSR count). The molecule has 0 amide bonds. The van der Waals surface area contributed by atoms with E-state index in [0.717, 1.165) is 19.3 Å². The van der Waals surface area contributed by atoms with Crippen molar-refractivity contribution in [2.75, 3.05) is 0 Å². The lowest BCUT2D eigenvalue weighted by atomic mass is 9.82. The first kappa shape index (κ1) is 15.4. The number of rotatable bonds is 4. The van der Waals surface area contributed by atoms with Crippen LogP contribution in [0.1, 0.15) is 64.0 Å². The zero-order valence-electron chi connectivity index (χ0n) is 12.2. The van der Waals surface area contributed by atoms with Crippen molar-refractivity contribution >= 4 is 11.6 Å². The number of aromatic nitrogens is 2. The molecule has 0 saturated heterocycles. The van der Waals surface area contributed by atoms with Gasteiger partial charge in [-0.2, -0.15) is 0 Å². The van der Waals surface area contributed by atoms with E-state index >= 15 is 0 Å². The summed E-state index contributed by atoms with van der Waals surface area (Å²) in [5.41, 5.74) is -0.0613. The van der Waals surface area contributed by atoms with E-state index in [9.17, 15) is 9.59 Å². The smallest absolute Gasteiger partial charge is 0.297 e. The SMILES string of the molecule is CCc1c(Cl)[nH]c(=O)n(C(CC)C2CCCCC2)c1=O. The standard InChI is InChI=1S/C15H23ClN2O2/c1-3-11-13(16)17-15(20)18(14(11)19)12(4-2)10-8-6-5-7-9-10/h10,12H,3-9H2,1-2H3,(H,17,20). The molecule has 0 spiro atoms. The van der Waals surface area contributed by atoms with E-state index < -0.39 is 0 Å². The van der Waals surface area contributed by atoms with Crippen LogP contribution in [0.25, 0.3) is 0 Å². The Kier molecular flexibility index (Phi) is 5.08. The highest BCUT2D eigenvalue weighted by Gasteiger charge is 2.27. The molecule has 4 nitrogen and oxygen atoms in total. The monoisotopic (exact) mass is 298 g/mol. The number of nitrogens with one attached hydrogen (secondary N) is 1. The van der Waals surface area contributed by atoms with Crippen LogP contribution < -0.4 is 11.2 Å². The Bertz CT molecular complexity index is 570. The van der Waals surface area contributed by atoms with Crippen molar-refractivity contribution in [1.82, 2.24) is 9.55 Å². The maximum atomic E-state index is 12.5. The summed E-state index contributed by atoms with van der Waals surface area (Å²) in [5.74, 6) is 0.429. The van der Waals surface area contributed by atoms with Gasteiger partial charge in [0, 0.05) is 6.04 Å². The number of halogens is 1. The van der Waals surface area contributed by atoms with Crippen LogP contribution in [0.4, 0.5) is 0 Å². The lowest BCUT2D eigenvalue weighted by molar-refractivity contribution is 0.233. The van der Waals surface area contributed by atoms with Gasteiger partial charge >= 0.3 is 5.69 Å². The normalized spacial score (nSPS) is 18.1. The van der Waals surface area contributed by atoms with Gasteiger partial charge in [0.25, 0.3) is 5.56 Å². The minimum atomic E-state index is -0.366. The molecule has 5 heteroatoms. The first-order chi connectivity index (χ1) is 9.60. The van der Waals surface area contributed by atoms with Gasteiger partial charge in [-0.05, 0) is 31.6 Å². The zero-order valence-corrected chi connectivity index (χ0v) is 13.0. The van der Waals surface area contributed by atoms with E-state index in [1.54, 1.807) is 0 Å². The molecule has 1 saturated carbocycles. The zero-order chi connectivity index (χ0) is 14.7. The van der Waals surface area contributed by atoms with Crippen LogP contribution in [0.5, 0.6) is 0 Å². The summed E-state index contributed by atoms with van der Waals surface area (Å²) in [6, 6.07) is -0.00545. The molecule has 1 atom stereocenters. The molecule has 1 fully saturated rings. The molecule has 112 valence electrons. The van der Waals surface area contributed by atoms with Crippen molar-refractivity contribution in [1.29, 1.82) is 0 Å². The summed E-state index contributed by atoms with van der Waals surface area (Å²) in [5, 5.41) is 0.192. The second-order valence-corrected chi connectivity index (χ2v) is 6.00. The molecular weight excluding hydrogens is 276 g/mol. The van der Waals surface area contributed by atoms with Crippen LogP contribution >= 0.6 is 11.6 Å². The quantitative estimate of drug-likeness (QED) is 0.867. The first-order valence-electron chi connectivity index (χ1n) is 7.63. The number of H-pyrrole nitrogens is 1. The van der Waals surface area contributed by atoms with E-state index in [2.05, 4.69) is 4.98 Å². The van der Waals surface area contributed by atoms with Crippen LogP contribution in [-0.4, -0.2) is 9.55 Å². The van der Waals surface area contributed by atoms with Gasteiger partial charge in [0.1, 0.15) is 5.15 Å². The van der Waals surface area contributed by atoms with Crippen LogP contribution in [0.15, 0.2) is 9.59 Å². The Morgan fingerprint density at radius 3 is 2.45 bits per heavy atom. The van der Waals surface area contributed by atoms with Gasteiger partial charge in [0.2, 0.25) is 0 Å². The summed E-state index contributed by atoms with van der Waals surface area (Å²) in [7, 11) is 0. The van der Waals surface area contributed by atoms with Gasteiger partial charge in [-0.25, -0.2) is 4.79 Å². The van der Waals surface area contributed by atoms with Gasteiger partial charge in [-0.3, -0.25) is 14.3 Å². The maximum Gasteiger partial charge on any atom is 0.329 e. The third-order valence-corrected chi connectivity index (χ3v) is 4.80. The van der Waals surface area contributed by atoms with E-state index in [1.807, 2.05) is 13.8 Å². The second-order valence-electron chi connectivity index (χ2n) is 5.63. The summed E-state index contributed by atoms with van der Waals surface area (Å²) < 4.78 is 1.42. The third-order valence-electron chi connectivity index (χ3n) is 4.47. The first-order valence-corrected chi connectivity index (χ1v) is 8.01. The van der Waals surface area contributed by atoms with Crippen molar-refractivity contribution in [2.24, 2.45) is 5.92 Å². The fourth-order valence-corrected chi connectivity index (χ4v) is 3.71.